The average Bonchev–Trinajstić information content (AvgIpc) is 2.43. The zero-order valence-electron chi connectivity index (χ0n) is 12.6. The van der Waals surface area contributed by atoms with Crippen LogP contribution in [0.5, 0.6) is 5.75 Å². The fraction of sp³-hybridized carbons (Fsp3) is 0.600. The Bertz CT molecular complexity index is 563. The topological polar surface area (TPSA) is 92.8 Å². The highest BCUT2D eigenvalue weighted by Crippen LogP contribution is 2.55. The number of hydrogen-bond acceptors (Lipinski definition) is 3. The van der Waals surface area contributed by atoms with Crippen molar-refractivity contribution in [2.24, 2.45) is 0 Å². The molecule has 0 unspecified atom stereocenters. The molecule has 0 amide bonds. The van der Waals surface area contributed by atoms with Gasteiger partial charge in [-0.05, 0) is 61.8 Å². The number of benzene rings is 1. The van der Waals surface area contributed by atoms with E-state index in [2.05, 4.69) is 0 Å². The van der Waals surface area contributed by atoms with Gasteiger partial charge in [-0.25, -0.2) is 0 Å². The maximum Gasteiger partial charge on any atom is 0.368 e. The Morgan fingerprint density at radius 2 is 1.71 bits per heavy atom. The molecule has 5 nitrogen and oxygen atoms in total. The third-order valence-electron chi connectivity index (χ3n) is 4.41. The summed E-state index contributed by atoms with van der Waals surface area (Å²) in [4.78, 5) is 19.3. The first kappa shape index (κ1) is 16.3. The second-order valence-corrected chi connectivity index (χ2v) is 7.57. The van der Waals surface area contributed by atoms with Crippen LogP contribution in [-0.4, -0.2) is 15.1 Å². The Balaban J connectivity index is 2.40. The van der Waals surface area contributed by atoms with Gasteiger partial charge in [0.2, 0.25) is 5.34 Å². The molecule has 0 saturated heterocycles. The molecular weight excluding hydrogens is 289 g/mol. The summed E-state index contributed by atoms with van der Waals surface area (Å²) in [5.74, 6) is 0.391. The molecule has 0 atom stereocenters. The molecule has 0 saturated carbocycles. The smallest absolute Gasteiger partial charge is 0.368 e. The summed E-state index contributed by atoms with van der Waals surface area (Å²) < 4.78 is 17.6. The van der Waals surface area contributed by atoms with Crippen LogP contribution < -0.4 is 10.5 Å². The summed E-state index contributed by atoms with van der Waals surface area (Å²) >= 11 is 0. The van der Waals surface area contributed by atoms with Gasteiger partial charge in [0.15, 0.2) is 0 Å². The SMILES string of the molecule is CCC(CC)(Oc1cc2c(cc1N)CCCC2)P(=O)(O)O. The van der Waals surface area contributed by atoms with Gasteiger partial charge >= 0.3 is 7.60 Å². The molecule has 0 heterocycles. The highest BCUT2D eigenvalue weighted by molar-refractivity contribution is 7.53. The summed E-state index contributed by atoms with van der Waals surface area (Å²) in [7, 11) is -4.40. The predicted molar refractivity (Wildman–Crippen MR) is 83.5 cm³/mol. The largest absolute Gasteiger partial charge is 0.472 e. The molecule has 21 heavy (non-hydrogen) atoms. The van der Waals surface area contributed by atoms with E-state index in [-0.39, 0.29) is 12.8 Å². The van der Waals surface area contributed by atoms with Gasteiger partial charge < -0.3 is 20.3 Å². The number of aryl methyl sites for hydroxylation is 2. The number of hydrogen-bond donors (Lipinski definition) is 3. The fourth-order valence-electron chi connectivity index (χ4n) is 2.94. The number of ether oxygens (including phenoxy) is 1. The van der Waals surface area contributed by atoms with E-state index >= 15 is 0 Å². The van der Waals surface area contributed by atoms with E-state index < -0.39 is 12.9 Å². The zero-order chi connectivity index (χ0) is 15.7. The van der Waals surface area contributed by atoms with Crippen LogP contribution in [0.15, 0.2) is 12.1 Å². The van der Waals surface area contributed by atoms with Crippen LogP contribution in [-0.2, 0) is 17.4 Å². The second kappa shape index (κ2) is 5.99. The zero-order valence-corrected chi connectivity index (χ0v) is 13.5. The highest BCUT2D eigenvalue weighted by atomic mass is 31.2. The average molecular weight is 313 g/mol. The molecule has 1 aromatic rings. The minimum Gasteiger partial charge on any atom is -0.472 e. The molecule has 1 aromatic carbocycles. The van der Waals surface area contributed by atoms with Crippen molar-refractivity contribution in [3.8, 4) is 5.75 Å². The van der Waals surface area contributed by atoms with Gasteiger partial charge in [0, 0.05) is 0 Å². The Morgan fingerprint density at radius 3 is 2.19 bits per heavy atom. The van der Waals surface area contributed by atoms with E-state index in [0.717, 1.165) is 25.7 Å². The Hall–Kier alpha value is -1.03. The lowest BCUT2D eigenvalue weighted by Crippen LogP contribution is -2.34. The molecule has 4 N–H and O–H groups in total. The van der Waals surface area contributed by atoms with Gasteiger partial charge in [-0.3, -0.25) is 4.57 Å². The van der Waals surface area contributed by atoms with E-state index in [1.807, 2.05) is 12.1 Å². The summed E-state index contributed by atoms with van der Waals surface area (Å²) in [5, 5.41) is -1.50. The maximum atomic E-state index is 11.8. The predicted octanol–water partition coefficient (Wildman–Crippen LogP) is 3.22. The normalized spacial score (nSPS) is 15.6. The number of fused-ring (bicyclic) bond motifs is 1. The van der Waals surface area contributed by atoms with Crippen LogP contribution in [0.2, 0.25) is 0 Å². The van der Waals surface area contributed by atoms with Crippen LogP contribution in [0.1, 0.15) is 50.7 Å². The summed E-state index contributed by atoms with van der Waals surface area (Å²) in [5.41, 5.74) is 8.88. The highest BCUT2D eigenvalue weighted by Gasteiger charge is 2.46. The number of nitrogen functional groups attached to an aromatic ring is 1. The van der Waals surface area contributed by atoms with Gasteiger partial charge in [-0.15, -0.1) is 0 Å². The standard InChI is InChI=1S/C15H24NO4P/c1-3-15(4-2,21(17,18)19)20-14-10-12-8-6-5-7-11(12)9-13(14)16/h9-10H,3-8,16H2,1-2H3,(H2,17,18,19). The van der Waals surface area contributed by atoms with E-state index in [9.17, 15) is 14.4 Å². The van der Waals surface area contributed by atoms with Crippen LogP contribution in [0.3, 0.4) is 0 Å². The lowest BCUT2D eigenvalue weighted by molar-refractivity contribution is 0.109. The fourth-order valence-corrected chi connectivity index (χ4v) is 3.98. The molecule has 0 spiro atoms. The first-order chi connectivity index (χ1) is 9.83. The molecular formula is C15H24NO4P. The van der Waals surface area contributed by atoms with Gasteiger partial charge in [0.05, 0.1) is 5.69 Å². The lowest BCUT2D eigenvalue weighted by atomic mass is 9.91. The molecule has 0 fully saturated rings. The van der Waals surface area contributed by atoms with Gasteiger partial charge in [0.25, 0.3) is 0 Å². The minimum atomic E-state index is -4.40. The van der Waals surface area contributed by atoms with Gasteiger partial charge in [-0.2, -0.15) is 0 Å². The Labute approximate surface area is 125 Å². The van der Waals surface area contributed by atoms with Crippen molar-refractivity contribution in [2.45, 2.75) is 57.7 Å². The maximum absolute atomic E-state index is 11.8. The van der Waals surface area contributed by atoms with Crippen molar-refractivity contribution in [3.05, 3.63) is 23.3 Å². The molecule has 1 aliphatic rings. The van der Waals surface area contributed by atoms with Crippen molar-refractivity contribution in [1.82, 2.24) is 0 Å². The Morgan fingerprint density at radius 1 is 1.19 bits per heavy atom. The monoisotopic (exact) mass is 313 g/mol. The van der Waals surface area contributed by atoms with Gasteiger partial charge in [-0.1, -0.05) is 13.8 Å². The number of anilines is 1. The van der Waals surface area contributed by atoms with Crippen LogP contribution in [0, 0.1) is 0 Å². The number of rotatable bonds is 5. The third kappa shape index (κ3) is 3.10. The van der Waals surface area contributed by atoms with E-state index in [4.69, 9.17) is 10.5 Å². The second-order valence-electron chi connectivity index (χ2n) is 5.67. The summed E-state index contributed by atoms with van der Waals surface area (Å²) in [6.45, 7) is 3.44. The quantitative estimate of drug-likeness (QED) is 0.573. The van der Waals surface area contributed by atoms with Gasteiger partial charge in [0.1, 0.15) is 5.75 Å². The van der Waals surface area contributed by atoms with E-state index in [1.165, 1.54) is 11.1 Å². The van der Waals surface area contributed by atoms with Crippen LogP contribution in [0.25, 0.3) is 0 Å². The van der Waals surface area contributed by atoms with Crippen LogP contribution >= 0.6 is 7.60 Å². The molecule has 0 bridgehead atoms. The molecule has 0 aliphatic heterocycles. The van der Waals surface area contributed by atoms with E-state index in [0.29, 0.717) is 11.4 Å². The first-order valence-corrected chi connectivity index (χ1v) is 9.10. The van der Waals surface area contributed by atoms with Crippen LogP contribution in [0.4, 0.5) is 5.69 Å². The molecule has 0 radical (unpaired) electrons. The van der Waals surface area contributed by atoms with Crippen molar-refractivity contribution in [3.63, 3.8) is 0 Å². The summed E-state index contributed by atoms with van der Waals surface area (Å²) in [6, 6.07) is 3.75. The molecule has 6 heteroatoms. The number of nitrogens with two attached hydrogens (primary N) is 1. The molecule has 0 aromatic heterocycles. The molecule has 1 aliphatic carbocycles. The van der Waals surface area contributed by atoms with Crippen molar-refractivity contribution in [2.75, 3.05) is 5.73 Å². The summed E-state index contributed by atoms with van der Waals surface area (Å²) in [6.07, 6.45) is 4.71. The van der Waals surface area contributed by atoms with Crippen molar-refractivity contribution < 1.29 is 19.1 Å². The lowest BCUT2D eigenvalue weighted by Gasteiger charge is -2.34. The third-order valence-corrected chi connectivity index (χ3v) is 6.20. The first-order valence-electron chi connectivity index (χ1n) is 7.49. The van der Waals surface area contributed by atoms with Crippen molar-refractivity contribution >= 4 is 13.3 Å². The Kier molecular flexibility index (Phi) is 4.66. The van der Waals surface area contributed by atoms with Crippen molar-refractivity contribution in [1.29, 1.82) is 0 Å². The minimum absolute atomic E-state index is 0.226. The van der Waals surface area contributed by atoms with E-state index in [1.54, 1.807) is 13.8 Å². The molecule has 118 valence electrons. The molecule has 2 rings (SSSR count).